The standard InChI is InChI=1S/C24H18FN7O3/c1-14-23(29-30-31(14)17-6-4-7-18(13-17)32(34)35)24(33)26-16-9-10-20-21(12-16)28-22(27-20)11-15-5-2-3-8-19(15)25/h2-10,12-13H,11H2,1H3,(H,26,33)(H,27,28). The number of anilines is 1. The molecule has 11 heteroatoms. The van der Waals surface area contributed by atoms with Gasteiger partial charge in [0.1, 0.15) is 11.6 Å². The summed E-state index contributed by atoms with van der Waals surface area (Å²) in [6.07, 6.45) is 0.309. The molecule has 0 spiro atoms. The van der Waals surface area contributed by atoms with Gasteiger partial charge in [0.2, 0.25) is 0 Å². The van der Waals surface area contributed by atoms with Crippen molar-refractivity contribution >= 4 is 28.3 Å². The van der Waals surface area contributed by atoms with Gasteiger partial charge < -0.3 is 10.3 Å². The zero-order chi connectivity index (χ0) is 24.5. The molecule has 2 heterocycles. The Hall–Kier alpha value is -4.93. The fourth-order valence-corrected chi connectivity index (χ4v) is 3.76. The van der Waals surface area contributed by atoms with Crippen molar-refractivity contribution in [1.29, 1.82) is 0 Å². The van der Waals surface area contributed by atoms with E-state index in [2.05, 4.69) is 25.6 Å². The van der Waals surface area contributed by atoms with Crippen molar-refractivity contribution in [3.63, 3.8) is 0 Å². The van der Waals surface area contributed by atoms with Crippen molar-refractivity contribution < 1.29 is 14.1 Å². The van der Waals surface area contributed by atoms with Gasteiger partial charge >= 0.3 is 0 Å². The number of imidazole rings is 1. The molecule has 0 aliphatic heterocycles. The van der Waals surface area contributed by atoms with Crippen LogP contribution in [0.4, 0.5) is 15.8 Å². The molecule has 5 aromatic rings. The van der Waals surface area contributed by atoms with Gasteiger partial charge in [-0.3, -0.25) is 14.9 Å². The molecule has 0 unspecified atom stereocenters. The van der Waals surface area contributed by atoms with Crippen molar-refractivity contribution in [2.24, 2.45) is 0 Å². The van der Waals surface area contributed by atoms with Crippen LogP contribution in [0.25, 0.3) is 16.7 Å². The maximum atomic E-state index is 14.0. The number of carbonyl (C=O) groups is 1. The Morgan fingerprint density at radius 3 is 2.77 bits per heavy atom. The number of benzene rings is 3. The summed E-state index contributed by atoms with van der Waals surface area (Å²) >= 11 is 0. The number of aromatic amines is 1. The number of H-pyrrole nitrogens is 1. The van der Waals surface area contributed by atoms with Gasteiger partial charge in [-0.2, -0.15) is 0 Å². The number of halogens is 1. The number of non-ortho nitro benzene ring substituents is 1. The highest BCUT2D eigenvalue weighted by Gasteiger charge is 2.19. The Morgan fingerprint density at radius 2 is 1.97 bits per heavy atom. The lowest BCUT2D eigenvalue weighted by atomic mass is 10.1. The van der Waals surface area contributed by atoms with E-state index in [1.807, 2.05) is 0 Å². The average molecular weight is 471 g/mol. The number of rotatable bonds is 6. The summed E-state index contributed by atoms with van der Waals surface area (Å²) in [5, 5.41) is 21.8. The van der Waals surface area contributed by atoms with Crippen LogP contribution >= 0.6 is 0 Å². The first-order valence-electron chi connectivity index (χ1n) is 10.6. The lowest BCUT2D eigenvalue weighted by Crippen LogP contribution is -2.14. The average Bonchev–Trinajstić information content (AvgIpc) is 3.43. The van der Waals surface area contributed by atoms with Crippen LogP contribution in [-0.2, 0) is 6.42 Å². The third kappa shape index (κ3) is 4.34. The van der Waals surface area contributed by atoms with Gasteiger partial charge in [-0.15, -0.1) is 5.10 Å². The first kappa shape index (κ1) is 21.9. The second-order valence-electron chi connectivity index (χ2n) is 7.85. The van der Waals surface area contributed by atoms with E-state index in [0.717, 1.165) is 0 Å². The van der Waals surface area contributed by atoms with Gasteiger partial charge in [0.15, 0.2) is 5.69 Å². The minimum atomic E-state index is -0.503. The summed E-state index contributed by atoms with van der Waals surface area (Å²) in [6.45, 7) is 1.65. The van der Waals surface area contributed by atoms with E-state index in [9.17, 15) is 19.3 Å². The van der Waals surface area contributed by atoms with E-state index in [1.54, 1.807) is 49.4 Å². The molecule has 0 bridgehead atoms. The minimum Gasteiger partial charge on any atom is -0.342 e. The number of nitrogens with zero attached hydrogens (tertiary/aromatic N) is 5. The van der Waals surface area contributed by atoms with Gasteiger partial charge in [0.05, 0.1) is 27.3 Å². The van der Waals surface area contributed by atoms with Crippen LogP contribution in [-0.4, -0.2) is 35.8 Å². The molecule has 0 radical (unpaired) electrons. The Kier molecular flexibility index (Phi) is 5.49. The smallest absolute Gasteiger partial charge is 0.278 e. The third-order valence-electron chi connectivity index (χ3n) is 5.50. The number of nitro benzene ring substituents is 1. The van der Waals surface area contributed by atoms with Crippen LogP contribution in [0.1, 0.15) is 27.6 Å². The highest BCUT2D eigenvalue weighted by molar-refractivity contribution is 6.04. The van der Waals surface area contributed by atoms with Crippen molar-refractivity contribution in [3.05, 3.63) is 105 Å². The molecule has 0 fully saturated rings. The molecule has 0 aliphatic rings. The van der Waals surface area contributed by atoms with Crippen molar-refractivity contribution in [2.75, 3.05) is 5.32 Å². The molecule has 2 N–H and O–H groups in total. The van der Waals surface area contributed by atoms with E-state index < -0.39 is 10.8 Å². The van der Waals surface area contributed by atoms with E-state index in [-0.39, 0.29) is 17.2 Å². The summed E-state index contributed by atoms with van der Waals surface area (Å²) in [5.74, 6) is -0.177. The fourth-order valence-electron chi connectivity index (χ4n) is 3.76. The van der Waals surface area contributed by atoms with E-state index in [0.29, 0.717) is 45.9 Å². The molecule has 3 aromatic carbocycles. The molecule has 0 aliphatic carbocycles. The summed E-state index contributed by atoms with van der Waals surface area (Å²) in [7, 11) is 0. The molecule has 0 atom stereocenters. The van der Waals surface area contributed by atoms with Gasteiger partial charge in [-0.1, -0.05) is 29.5 Å². The van der Waals surface area contributed by atoms with Crippen LogP contribution in [0.2, 0.25) is 0 Å². The lowest BCUT2D eigenvalue weighted by molar-refractivity contribution is -0.384. The molecule has 1 amide bonds. The molecule has 10 nitrogen and oxygen atoms in total. The summed E-state index contributed by atoms with van der Waals surface area (Å²) in [5.41, 5.74) is 3.25. The number of aromatic nitrogens is 5. The molecular weight excluding hydrogens is 453 g/mol. The molecular formula is C24H18FN7O3. The van der Waals surface area contributed by atoms with Crippen molar-refractivity contribution in [2.45, 2.75) is 13.3 Å². The van der Waals surface area contributed by atoms with Crippen LogP contribution < -0.4 is 5.32 Å². The second-order valence-corrected chi connectivity index (χ2v) is 7.85. The zero-order valence-electron chi connectivity index (χ0n) is 18.4. The Balaban J connectivity index is 1.36. The van der Waals surface area contributed by atoms with Gasteiger partial charge in [-0.05, 0) is 42.8 Å². The quantitative estimate of drug-likeness (QED) is 0.280. The number of fused-ring (bicyclic) bond motifs is 1. The number of hydrogen-bond acceptors (Lipinski definition) is 6. The van der Waals surface area contributed by atoms with E-state index in [4.69, 9.17) is 0 Å². The maximum absolute atomic E-state index is 14.0. The Bertz CT molecular complexity index is 1590. The molecule has 0 saturated heterocycles. The third-order valence-corrected chi connectivity index (χ3v) is 5.50. The first-order chi connectivity index (χ1) is 16.9. The SMILES string of the molecule is Cc1c(C(=O)Nc2ccc3nc(Cc4ccccc4F)[nH]c3c2)nnn1-c1cccc([N+](=O)[O-])c1. The van der Waals surface area contributed by atoms with Crippen LogP contribution in [0.5, 0.6) is 0 Å². The first-order valence-corrected chi connectivity index (χ1v) is 10.6. The second kappa shape index (κ2) is 8.78. The monoisotopic (exact) mass is 471 g/mol. The van der Waals surface area contributed by atoms with Gasteiger partial charge in [-0.25, -0.2) is 14.1 Å². The minimum absolute atomic E-state index is 0.0847. The topological polar surface area (TPSA) is 132 Å². The predicted octanol–water partition coefficient (Wildman–Crippen LogP) is 4.34. The van der Waals surface area contributed by atoms with Gasteiger partial charge in [0, 0.05) is 24.2 Å². The molecule has 174 valence electrons. The number of hydrogen-bond donors (Lipinski definition) is 2. The Morgan fingerprint density at radius 1 is 1.14 bits per heavy atom. The van der Waals surface area contributed by atoms with Crippen LogP contribution in [0.15, 0.2) is 66.7 Å². The lowest BCUT2D eigenvalue weighted by Gasteiger charge is -2.05. The zero-order valence-corrected chi connectivity index (χ0v) is 18.4. The summed E-state index contributed by atoms with van der Waals surface area (Å²) in [4.78, 5) is 31.1. The highest BCUT2D eigenvalue weighted by atomic mass is 19.1. The van der Waals surface area contributed by atoms with Crippen LogP contribution in [0, 0.1) is 22.9 Å². The normalized spacial score (nSPS) is 11.0. The molecule has 2 aromatic heterocycles. The number of nitro groups is 1. The maximum Gasteiger partial charge on any atom is 0.278 e. The highest BCUT2D eigenvalue weighted by Crippen LogP contribution is 2.22. The van der Waals surface area contributed by atoms with Crippen molar-refractivity contribution in [3.8, 4) is 5.69 Å². The Labute approximate surface area is 197 Å². The van der Waals surface area contributed by atoms with Gasteiger partial charge in [0.25, 0.3) is 11.6 Å². The summed E-state index contributed by atoms with van der Waals surface area (Å²) < 4.78 is 15.3. The van der Waals surface area contributed by atoms with E-state index >= 15 is 0 Å². The molecule has 5 rings (SSSR count). The molecule has 0 saturated carbocycles. The number of carbonyl (C=O) groups excluding carboxylic acids is 1. The largest absolute Gasteiger partial charge is 0.342 e. The number of amides is 1. The fraction of sp³-hybridized carbons (Fsp3) is 0.0833. The summed E-state index contributed by atoms with van der Waals surface area (Å²) in [6, 6.07) is 17.6. The van der Waals surface area contributed by atoms with Crippen LogP contribution in [0.3, 0.4) is 0 Å². The predicted molar refractivity (Wildman–Crippen MR) is 126 cm³/mol. The molecule has 35 heavy (non-hydrogen) atoms. The van der Waals surface area contributed by atoms with E-state index in [1.165, 1.54) is 28.9 Å². The number of nitrogens with one attached hydrogen (secondary N) is 2. The van der Waals surface area contributed by atoms with Crippen molar-refractivity contribution in [1.82, 2.24) is 25.0 Å².